The molecule has 3 aromatic carbocycles. The van der Waals surface area contributed by atoms with Gasteiger partial charge in [0, 0.05) is 30.2 Å². The first-order chi connectivity index (χ1) is 14.1. The molecule has 29 heavy (non-hydrogen) atoms. The number of hydrogen-bond donors (Lipinski definition) is 1. The number of carboxylic acid groups (broad SMARTS) is 1. The molecule has 0 bridgehead atoms. The topological polar surface area (TPSA) is 62.7 Å². The normalized spacial score (nSPS) is 11.3. The third kappa shape index (κ3) is 3.23. The molecule has 0 aliphatic heterocycles. The maximum Gasteiger partial charge on any atom is 0.337 e. The molecular formula is C24H24N2O3. The van der Waals surface area contributed by atoms with Crippen molar-refractivity contribution in [3.05, 3.63) is 54.1 Å². The van der Waals surface area contributed by atoms with Gasteiger partial charge in [-0.1, -0.05) is 24.3 Å². The summed E-state index contributed by atoms with van der Waals surface area (Å²) in [5.74, 6) is -0.416. The van der Waals surface area contributed by atoms with Crippen LogP contribution in [0.15, 0.2) is 48.5 Å². The smallest absolute Gasteiger partial charge is 0.337 e. The Hall–Kier alpha value is -3.34. The van der Waals surface area contributed by atoms with Gasteiger partial charge >= 0.3 is 5.97 Å². The van der Waals surface area contributed by atoms with Crippen molar-refractivity contribution in [1.29, 1.82) is 0 Å². The number of aromatic nitrogens is 1. The second-order valence-electron chi connectivity index (χ2n) is 6.95. The highest BCUT2D eigenvalue weighted by molar-refractivity contribution is 6.17. The fourth-order valence-electron chi connectivity index (χ4n) is 3.97. The maximum atomic E-state index is 12.4. The summed E-state index contributed by atoms with van der Waals surface area (Å²) in [7, 11) is 0. The van der Waals surface area contributed by atoms with E-state index in [4.69, 9.17) is 9.72 Å². The van der Waals surface area contributed by atoms with Gasteiger partial charge in [0.2, 0.25) is 0 Å². The van der Waals surface area contributed by atoms with E-state index in [2.05, 4.69) is 18.7 Å². The summed E-state index contributed by atoms with van der Waals surface area (Å²) in [5.41, 5.74) is 2.53. The van der Waals surface area contributed by atoms with Gasteiger partial charge in [0.1, 0.15) is 5.75 Å². The average molecular weight is 388 g/mol. The van der Waals surface area contributed by atoms with Crippen LogP contribution in [0.4, 0.5) is 5.69 Å². The van der Waals surface area contributed by atoms with Crippen LogP contribution >= 0.6 is 0 Å². The molecule has 0 atom stereocenters. The van der Waals surface area contributed by atoms with Crippen molar-refractivity contribution in [1.82, 2.24) is 4.98 Å². The molecule has 0 amide bonds. The molecule has 0 aliphatic carbocycles. The van der Waals surface area contributed by atoms with E-state index in [0.29, 0.717) is 34.2 Å². The molecule has 0 aliphatic rings. The number of anilines is 1. The molecule has 0 radical (unpaired) electrons. The second-order valence-corrected chi connectivity index (χ2v) is 6.95. The maximum absolute atomic E-state index is 12.4. The summed E-state index contributed by atoms with van der Waals surface area (Å²) < 4.78 is 5.90. The molecule has 5 nitrogen and oxygen atoms in total. The van der Waals surface area contributed by atoms with E-state index < -0.39 is 5.97 Å². The minimum absolute atomic E-state index is 0.241. The van der Waals surface area contributed by atoms with Gasteiger partial charge in [-0.3, -0.25) is 0 Å². The third-order valence-corrected chi connectivity index (χ3v) is 5.33. The number of nitrogens with zero attached hydrogens (tertiary/aromatic N) is 2. The Morgan fingerprint density at radius 2 is 1.69 bits per heavy atom. The summed E-state index contributed by atoms with van der Waals surface area (Å²) in [5, 5.41) is 13.3. The molecule has 1 heterocycles. The zero-order chi connectivity index (χ0) is 20.5. The number of rotatable bonds is 6. The summed E-state index contributed by atoms with van der Waals surface area (Å²) in [6.45, 7) is 8.23. The Kier molecular flexibility index (Phi) is 4.97. The number of aromatic carboxylic acids is 1. The van der Waals surface area contributed by atoms with Gasteiger partial charge in [0.05, 0.1) is 28.6 Å². The van der Waals surface area contributed by atoms with Crippen molar-refractivity contribution in [2.24, 2.45) is 0 Å². The van der Waals surface area contributed by atoms with Crippen LogP contribution in [0.1, 0.15) is 31.1 Å². The number of fused-ring (bicyclic) bond motifs is 3. The van der Waals surface area contributed by atoms with Crippen molar-refractivity contribution in [3.8, 4) is 5.75 Å². The van der Waals surface area contributed by atoms with Gasteiger partial charge < -0.3 is 14.7 Å². The van der Waals surface area contributed by atoms with Crippen molar-refractivity contribution < 1.29 is 14.6 Å². The number of carbonyl (C=O) groups is 1. The van der Waals surface area contributed by atoms with Crippen LogP contribution in [0.5, 0.6) is 5.75 Å². The number of benzene rings is 3. The van der Waals surface area contributed by atoms with Crippen LogP contribution in [0.25, 0.3) is 32.6 Å². The minimum atomic E-state index is -0.978. The van der Waals surface area contributed by atoms with Crippen molar-refractivity contribution in [3.63, 3.8) is 0 Å². The fraction of sp³-hybridized carbons (Fsp3) is 0.250. The Morgan fingerprint density at radius 3 is 2.31 bits per heavy atom. The molecule has 0 fully saturated rings. The number of ether oxygens (including phenoxy) is 1. The molecule has 1 aromatic heterocycles. The second kappa shape index (κ2) is 7.59. The monoisotopic (exact) mass is 388 g/mol. The van der Waals surface area contributed by atoms with Crippen LogP contribution in [0.3, 0.4) is 0 Å². The highest BCUT2D eigenvalue weighted by atomic mass is 16.5. The Morgan fingerprint density at radius 1 is 1.00 bits per heavy atom. The first-order valence-corrected chi connectivity index (χ1v) is 9.98. The number of pyridine rings is 1. The third-order valence-electron chi connectivity index (χ3n) is 5.33. The van der Waals surface area contributed by atoms with Crippen LogP contribution < -0.4 is 9.64 Å². The van der Waals surface area contributed by atoms with Gasteiger partial charge in [0.25, 0.3) is 0 Å². The Labute approximate surface area is 169 Å². The first-order valence-electron chi connectivity index (χ1n) is 9.98. The lowest BCUT2D eigenvalue weighted by Gasteiger charge is -2.23. The van der Waals surface area contributed by atoms with Gasteiger partial charge in [-0.2, -0.15) is 0 Å². The molecule has 5 heteroatoms. The number of hydrogen-bond acceptors (Lipinski definition) is 4. The first kappa shape index (κ1) is 19.0. The summed E-state index contributed by atoms with van der Waals surface area (Å²) in [6.07, 6.45) is 0. The molecule has 148 valence electrons. The minimum Gasteiger partial charge on any atom is -0.493 e. The summed E-state index contributed by atoms with van der Waals surface area (Å²) >= 11 is 0. The zero-order valence-electron chi connectivity index (χ0n) is 16.9. The van der Waals surface area contributed by atoms with E-state index in [-0.39, 0.29) is 5.56 Å². The standard InChI is InChI=1S/C24H24N2O3/c1-4-26(5-2)17-13-20-23(21(14-17)29-6-3)22(24(27)28)18-11-15-9-7-8-10-16(15)12-19(18)25-20/h7-14H,4-6H2,1-3H3,(H,27,28). The molecule has 0 saturated carbocycles. The SMILES string of the molecule is CCOc1cc(N(CC)CC)cc2nc3cc4ccccc4cc3c(C(=O)O)c12. The van der Waals surface area contributed by atoms with E-state index in [9.17, 15) is 9.90 Å². The van der Waals surface area contributed by atoms with Gasteiger partial charge in [-0.25, -0.2) is 9.78 Å². The van der Waals surface area contributed by atoms with Crippen LogP contribution in [-0.2, 0) is 0 Å². The van der Waals surface area contributed by atoms with Gasteiger partial charge in [-0.15, -0.1) is 0 Å². The predicted octanol–water partition coefficient (Wildman–Crippen LogP) is 5.48. The molecule has 0 saturated heterocycles. The highest BCUT2D eigenvalue weighted by Gasteiger charge is 2.21. The summed E-state index contributed by atoms with van der Waals surface area (Å²) in [6, 6.07) is 15.7. The molecular weight excluding hydrogens is 364 g/mol. The van der Waals surface area contributed by atoms with Crippen LogP contribution in [-0.4, -0.2) is 35.8 Å². The van der Waals surface area contributed by atoms with Crippen molar-refractivity contribution >= 4 is 44.2 Å². The average Bonchev–Trinajstić information content (AvgIpc) is 2.71. The Bertz CT molecular complexity index is 1230. The van der Waals surface area contributed by atoms with E-state index in [1.807, 2.05) is 55.5 Å². The van der Waals surface area contributed by atoms with E-state index in [1.165, 1.54) is 0 Å². The quantitative estimate of drug-likeness (QED) is 0.443. The van der Waals surface area contributed by atoms with Crippen molar-refractivity contribution in [2.45, 2.75) is 20.8 Å². The summed E-state index contributed by atoms with van der Waals surface area (Å²) in [4.78, 5) is 19.4. The zero-order valence-corrected chi connectivity index (χ0v) is 16.9. The van der Waals surface area contributed by atoms with Gasteiger partial charge in [0.15, 0.2) is 0 Å². The van der Waals surface area contributed by atoms with Crippen molar-refractivity contribution in [2.75, 3.05) is 24.6 Å². The largest absolute Gasteiger partial charge is 0.493 e. The lowest BCUT2D eigenvalue weighted by atomic mass is 9.98. The highest BCUT2D eigenvalue weighted by Crippen LogP contribution is 2.37. The Balaban J connectivity index is 2.16. The lowest BCUT2D eigenvalue weighted by Crippen LogP contribution is -2.22. The van der Waals surface area contributed by atoms with Gasteiger partial charge in [-0.05, 0) is 49.7 Å². The lowest BCUT2D eigenvalue weighted by molar-refractivity contribution is 0.0701. The molecule has 4 aromatic rings. The molecule has 1 N–H and O–H groups in total. The van der Waals surface area contributed by atoms with E-state index >= 15 is 0 Å². The van der Waals surface area contributed by atoms with E-state index in [1.54, 1.807) is 0 Å². The van der Waals surface area contributed by atoms with E-state index in [0.717, 1.165) is 29.5 Å². The predicted molar refractivity (Wildman–Crippen MR) is 118 cm³/mol. The molecule has 0 unspecified atom stereocenters. The molecule has 0 spiro atoms. The fourth-order valence-corrected chi connectivity index (χ4v) is 3.97. The van der Waals surface area contributed by atoms with Crippen LogP contribution in [0, 0.1) is 0 Å². The van der Waals surface area contributed by atoms with Crippen LogP contribution in [0.2, 0.25) is 0 Å². The molecule has 4 rings (SSSR count). The number of carboxylic acids is 1.